The van der Waals surface area contributed by atoms with Gasteiger partial charge in [0.05, 0.1) is 11.4 Å². The SMILES string of the molecule is CCNc1nc(CSC(C)C)nc(C)c1F. The van der Waals surface area contributed by atoms with E-state index in [0.717, 1.165) is 5.75 Å². The molecule has 0 saturated heterocycles. The van der Waals surface area contributed by atoms with Gasteiger partial charge in [-0.2, -0.15) is 11.8 Å². The van der Waals surface area contributed by atoms with E-state index in [0.29, 0.717) is 29.1 Å². The van der Waals surface area contributed by atoms with Gasteiger partial charge in [-0.3, -0.25) is 0 Å². The highest BCUT2D eigenvalue weighted by atomic mass is 32.2. The van der Waals surface area contributed by atoms with E-state index < -0.39 is 0 Å². The van der Waals surface area contributed by atoms with Crippen molar-refractivity contribution in [2.75, 3.05) is 11.9 Å². The van der Waals surface area contributed by atoms with Crippen LogP contribution in [0, 0.1) is 12.7 Å². The van der Waals surface area contributed by atoms with Crippen LogP contribution in [0.4, 0.5) is 10.2 Å². The summed E-state index contributed by atoms with van der Waals surface area (Å²) in [5, 5.41) is 3.43. The smallest absolute Gasteiger partial charge is 0.186 e. The van der Waals surface area contributed by atoms with Crippen LogP contribution in [0.25, 0.3) is 0 Å². The molecule has 0 aromatic carbocycles. The first-order valence-electron chi connectivity index (χ1n) is 5.43. The molecule has 16 heavy (non-hydrogen) atoms. The largest absolute Gasteiger partial charge is 0.368 e. The highest BCUT2D eigenvalue weighted by molar-refractivity contribution is 7.99. The van der Waals surface area contributed by atoms with E-state index in [9.17, 15) is 4.39 Å². The van der Waals surface area contributed by atoms with Crippen LogP contribution in [0.1, 0.15) is 32.3 Å². The Morgan fingerprint density at radius 1 is 1.38 bits per heavy atom. The van der Waals surface area contributed by atoms with E-state index in [1.807, 2.05) is 6.92 Å². The van der Waals surface area contributed by atoms with Crippen LogP contribution in [0.2, 0.25) is 0 Å². The summed E-state index contributed by atoms with van der Waals surface area (Å²) in [6, 6.07) is 0. The van der Waals surface area contributed by atoms with E-state index in [2.05, 4.69) is 29.1 Å². The van der Waals surface area contributed by atoms with Gasteiger partial charge in [-0.15, -0.1) is 0 Å². The summed E-state index contributed by atoms with van der Waals surface area (Å²) in [5.41, 5.74) is 0.408. The number of aromatic nitrogens is 2. The van der Waals surface area contributed by atoms with Gasteiger partial charge >= 0.3 is 0 Å². The van der Waals surface area contributed by atoms with E-state index in [-0.39, 0.29) is 5.82 Å². The second-order valence-electron chi connectivity index (χ2n) is 3.78. The number of nitrogens with zero attached hydrogens (tertiary/aromatic N) is 2. The molecule has 0 spiro atoms. The molecular formula is C11H18FN3S. The number of hydrogen-bond donors (Lipinski definition) is 1. The first-order valence-corrected chi connectivity index (χ1v) is 6.48. The molecule has 0 bridgehead atoms. The van der Waals surface area contributed by atoms with Crippen LogP contribution in [0.5, 0.6) is 0 Å². The normalized spacial score (nSPS) is 10.9. The average molecular weight is 243 g/mol. The van der Waals surface area contributed by atoms with Crippen molar-refractivity contribution in [2.45, 2.75) is 38.7 Å². The number of anilines is 1. The Morgan fingerprint density at radius 3 is 2.62 bits per heavy atom. The van der Waals surface area contributed by atoms with E-state index in [1.54, 1.807) is 18.7 Å². The number of halogens is 1. The fraction of sp³-hybridized carbons (Fsp3) is 0.636. The van der Waals surface area contributed by atoms with E-state index >= 15 is 0 Å². The minimum atomic E-state index is -0.347. The molecule has 0 aliphatic carbocycles. The number of nitrogens with one attached hydrogen (secondary N) is 1. The van der Waals surface area contributed by atoms with Crippen LogP contribution in [0.15, 0.2) is 0 Å². The molecule has 1 heterocycles. The van der Waals surface area contributed by atoms with Gasteiger partial charge in [-0.1, -0.05) is 13.8 Å². The fourth-order valence-electron chi connectivity index (χ4n) is 1.21. The molecule has 1 N–H and O–H groups in total. The van der Waals surface area contributed by atoms with Gasteiger partial charge in [0.15, 0.2) is 11.6 Å². The second-order valence-corrected chi connectivity index (χ2v) is 5.34. The Labute approximate surface area is 100 Å². The number of thioether (sulfide) groups is 1. The van der Waals surface area contributed by atoms with Gasteiger partial charge in [0.25, 0.3) is 0 Å². The van der Waals surface area contributed by atoms with Gasteiger partial charge in [0, 0.05) is 6.54 Å². The molecule has 1 rings (SSSR count). The van der Waals surface area contributed by atoms with E-state index in [4.69, 9.17) is 0 Å². The molecule has 0 aliphatic heterocycles. The van der Waals surface area contributed by atoms with Gasteiger partial charge < -0.3 is 5.32 Å². The maximum absolute atomic E-state index is 13.6. The average Bonchev–Trinajstić information content (AvgIpc) is 2.22. The topological polar surface area (TPSA) is 37.8 Å². The second kappa shape index (κ2) is 6.03. The Morgan fingerprint density at radius 2 is 2.06 bits per heavy atom. The minimum Gasteiger partial charge on any atom is -0.368 e. The molecule has 0 fully saturated rings. The number of hydrogen-bond acceptors (Lipinski definition) is 4. The highest BCUT2D eigenvalue weighted by Gasteiger charge is 2.10. The predicted molar refractivity (Wildman–Crippen MR) is 67.3 cm³/mol. The zero-order valence-electron chi connectivity index (χ0n) is 10.2. The zero-order valence-corrected chi connectivity index (χ0v) is 11.0. The molecule has 90 valence electrons. The summed E-state index contributed by atoms with van der Waals surface area (Å²) in [4.78, 5) is 8.32. The molecule has 1 aromatic rings. The number of rotatable bonds is 5. The molecule has 0 atom stereocenters. The fourth-order valence-corrected chi connectivity index (χ4v) is 1.82. The van der Waals surface area contributed by atoms with Crippen LogP contribution >= 0.6 is 11.8 Å². The summed E-state index contributed by atoms with van der Waals surface area (Å²) in [6.07, 6.45) is 0. The van der Waals surface area contributed by atoms with Crippen molar-refractivity contribution in [1.29, 1.82) is 0 Å². The van der Waals surface area contributed by atoms with E-state index in [1.165, 1.54) is 0 Å². The van der Waals surface area contributed by atoms with Crippen molar-refractivity contribution in [1.82, 2.24) is 9.97 Å². The number of aryl methyl sites for hydroxylation is 1. The van der Waals surface area contributed by atoms with Crippen molar-refractivity contribution in [3.63, 3.8) is 0 Å². The van der Waals surface area contributed by atoms with Gasteiger partial charge in [-0.05, 0) is 19.1 Å². The van der Waals surface area contributed by atoms with Crippen molar-refractivity contribution in [3.8, 4) is 0 Å². The van der Waals surface area contributed by atoms with Crippen LogP contribution in [0.3, 0.4) is 0 Å². The molecule has 0 radical (unpaired) electrons. The van der Waals surface area contributed by atoms with Crippen LogP contribution in [-0.4, -0.2) is 21.8 Å². The summed E-state index contributed by atoms with van der Waals surface area (Å²) in [7, 11) is 0. The third-order valence-corrected chi connectivity index (χ3v) is 3.04. The molecule has 0 aliphatic rings. The maximum Gasteiger partial charge on any atom is 0.186 e. The third-order valence-electron chi connectivity index (χ3n) is 1.95. The Kier molecular flexibility index (Phi) is 4.99. The van der Waals surface area contributed by atoms with Crippen molar-refractivity contribution in [3.05, 3.63) is 17.3 Å². The molecule has 0 unspecified atom stereocenters. The van der Waals surface area contributed by atoms with Gasteiger partial charge in [0.1, 0.15) is 5.82 Å². The van der Waals surface area contributed by atoms with Crippen molar-refractivity contribution >= 4 is 17.6 Å². The van der Waals surface area contributed by atoms with Gasteiger partial charge in [0.2, 0.25) is 0 Å². The monoisotopic (exact) mass is 243 g/mol. The lowest BCUT2D eigenvalue weighted by Crippen LogP contribution is -2.08. The molecular weight excluding hydrogens is 225 g/mol. The Bertz CT molecular complexity index is 355. The first-order chi connectivity index (χ1) is 7.54. The predicted octanol–water partition coefficient (Wildman–Crippen LogP) is 3.00. The molecule has 0 saturated carbocycles. The Balaban J connectivity index is 2.86. The van der Waals surface area contributed by atoms with Crippen LogP contribution in [-0.2, 0) is 5.75 Å². The standard InChI is InChI=1S/C11H18FN3S/c1-5-13-11-10(12)8(4)14-9(15-11)6-16-7(2)3/h7H,5-6H2,1-4H3,(H,13,14,15). The lowest BCUT2D eigenvalue weighted by molar-refractivity contribution is 0.602. The minimum absolute atomic E-state index is 0.314. The van der Waals surface area contributed by atoms with Gasteiger partial charge in [-0.25, -0.2) is 14.4 Å². The third kappa shape index (κ3) is 3.63. The molecule has 3 nitrogen and oxygen atoms in total. The van der Waals surface area contributed by atoms with Crippen molar-refractivity contribution < 1.29 is 4.39 Å². The van der Waals surface area contributed by atoms with Crippen LogP contribution < -0.4 is 5.32 Å². The summed E-state index contributed by atoms with van der Waals surface area (Å²) >= 11 is 1.75. The maximum atomic E-state index is 13.6. The Hall–Kier alpha value is -0.840. The zero-order chi connectivity index (χ0) is 12.1. The summed E-state index contributed by atoms with van der Waals surface area (Å²) < 4.78 is 13.6. The first kappa shape index (κ1) is 13.2. The molecule has 0 amide bonds. The molecule has 5 heteroatoms. The summed E-state index contributed by atoms with van der Waals surface area (Å²) in [6.45, 7) is 8.48. The lowest BCUT2D eigenvalue weighted by Gasteiger charge is -2.09. The summed E-state index contributed by atoms with van der Waals surface area (Å²) in [5.74, 6) is 1.38. The molecule has 1 aromatic heterocycles. The quantitative estimate of drug-likeness (QED) is 0.862. The highest BCUT2D eigenvalue weighted by Crippen LogP contribution is 2.18. The lowest BCUT2D eigenvalue weighted by atomic mass is 10.4. The van der Waals surface area contributed by atoms with Crippen molar-refractivity contribution in [2.24, 2.45) is 0 Å².